The molecule has 5 rings (SSSR count). The molecule has 2 aromatic heterocycles. The van der Waals surface area contributed by atoms with Crippen molar-refractivity contribution in [2.24, 2.45) is 5.92 Å². The van der Waals surface area contributed by atoms with Crippen LogP contribution in [-0.2, 0) is 38.4 Å². The number of nitrogen functional groups attached to an aromatic ring is 1. The summed E-state index contributed by atoms with van der Waals surface area (Å²) in [6.07, 6.45) is 7.02. The molecule has 2 heterocycles. The molecule has 0 aliphatic heterocycles. The van der Waals surface area contributed by atoms with Crippen molar-refractivity contribution in [3.8, 4) is 0 Å². The van der Waals surface area contributed by atoms with Gasteiger partial charge >= 0.3 is 19.8 Å². The third-order valence-corrected chi connectivity index (χ3v) is 8.32. The number of nitrogens with two attached hydrogens (primary N) is 1. The monoisotopic (exact) mass is 631 g/mol. The Balaban J connectivity index is 1.28. The van der Waals surface area contributed by atoms with Crippen molar-refractivity contribution in [1.29, 1.82) is 0 Å². The van der Waals surface area contributed by atoms with E-state index in [9.17, 15) is 24.2 Å². The van der Waals surface area contributed by atoms with Crippen LogP contribution < -0.4 is 11.1 Å². The number of imidazole rings is 1. The molecule has 236 valence electrons. The van der Waals surface area contributed by atoms with Crippen molar-refractivity contribution >= 4 is 42.7 Å². The minimum atomic E-state index is -5.00. The molecule has 44 heavy (non-hydrogen) atoms. The second kappa shape index (κ2) is 13.0. The molecule has 2 aliphatic carbocycles. The maximum Gasteiger partial charge on any atom is 0.529 e. The Morgan fingerprint density at radius 1 is 1.18 bits per heavy atom. The normalized spacial score (nSPS) is 20.8. The molecule has 0 bridgehead atoms. The van der Waals surface area contributed by atoms with E-state index < -0.39 is 38.1 Å². The van der Waals surface area contributed by atoms with E-state index in [4.69, 9.17) is 24.5 Å². The molecular weight excluding hydrogens is 597 g/mol. The fraction of sp³-hybridized carbons (Fsp3) is 0.444. The predicted octanol–water partition coefficient (Wildman–Crippen LogP) is 2.95. The third-order valence-electron chi connectivity index (χ3n) is 7.45. The van der Waals surface area contributed by atoms with Crippen LogP contribution in [0.3, 0.4) is 0 Å². The van der Waals surface area contributed by atoms with Crippen molar-refractivity contribution in [1.82, 2.24) is 24.7 Å². The highest BCUT2D eigenvalue weighted by atomic mass is 31.2. The molecule has 0 radical (unpaired) electrons. The lowest BCUT2D eigenvalue weighted by Gasteiger charge is -2.38. The van der Waals surface area contributed by atoms with Gasteiger partial charge in [-0.3, -0.25) is 23.9 Å². The standard InChI is InChI=1S/C27H34N7O9P/c1-40-34(41-2)27(13-12-21(35)36,18-6-4-3-5-7-18)25(37)43-44(38,39)42-15-17-8-11-20(14-17)33-16-29-22-23(30-19-9-10-19)31-26(28)32-24(22)33/h3-8,11,16-17,19-20H,9-10,12-15H2,1-2H3,(H,35,36)(H,38,39)(H3,28,30,31,32)/t17-,20+,27-/m1/s1. The zero-order chi connectivity index (χ0) is 31.5. The summed E-state index contributed by atoms with van der Waals surface area (Å²) in [7, 11) is -2.61. The molecule has 0 saturated heterocycles. The predicted molar refractivity (Wildman–Crippen MR) is 155 cm³/mol. The topological polar surface area (TPSA) is 213 Å². The van der Waals surface area contributed by atoms with E-state index in [0.717, 1.165) is 18.1 Å². The van der Waals surface area contributed by atoms with E-state index in [1.807, 2.05) is 16.7 Å². The molecule has 1 fully saturated rings. The van der Waals surface area contributed by atoms with Gasteiger partial charge in [0.15, 0.2) is 22.5 Å². The number of carboxylic acid groups (broad SMARTS) is 1. The number of aliphatic carboxylic acids is 1. The molecule has 1 unspecified atom stereocenters. The Hall–Kier alpha value is -3.92. The van der Waals surface area contributed by atoms with E-state index in [-0.39, 0.29) is 30.1 Å². The van der Waals surface area contributed by atoms with Crippen molar-refractivity contribution < 1.29 is 42.9 Å². The zero-order valence-corrected chi connectivity index (χ0v) is 25.0. The number of carbonyl (C=O) groups is 2. The maximum absolute atomic E-state index is 13.6. The molecule has 3 aromatic rings. The van der Waals surface area contributed by atoms with Crippen LogP contribution in [0.2, 0.25) is 0 Å². The number of aromatic nitrogens is 4. The Bertz CT molecular complexity index is 1580. The van der Waals surface area contributed by atoms with Gasteiger partial charge in [0.05, 0.1) is 33.2 Å². The maximum atomic E-state index is 13.6. The summed E-state index contributed by atoms with van der Waals surface area (Å²) < 4.78 is 25.2. The number of allylic oxidation sites excluding steroid dienone is 1. The first-order valence-corrected chi connectivity index (χ1v) is 15.4. The summed E-state index contributed by atoms with van der Waals surface area (Å²) in [4.78, 5) is 59.3. The lowest BCUT2D eigenvalue weighted by Crippen LogP contribution is -2.52. The number of fused-ring (bicyclic) bond motifs is 1. The van der Waals surface area contributed by atoms with Crippen molar-refractivity contribution in [2.75, 3.05) is 31.9 Å². The summed E-state index contributed by atoms with van der Waals surface area (Å²) in [5.74, 6) is -2.14. The average Bonchev–Trinajstić information content (AvgIpc) is 3.50. The number of phosphoric acid groups is 1. The molecule has 17 heteroatoms. The Kier molecular flexibility index (Phi) is 9.29. The zero-order valence-electron chi connectivity index (χ0n) is 24.1. The molecular formula is C27H34N7O9P. The summed E-state index contributed by atoms with van der Waals surface area (Å²) >= 11 is 0. The van der Waals surface area contributed by atoms with E-state index in [1.54, 1.807) is 24.5 Å². The summed E-state index contributed by atoms with van der Waals surface area (Å²) in [5, 5.41) is 13.4. The number of hydrogen-bond acceptors (Lipinski definition) is 13. The minimum Gasteiger partial charge on any atom is -0.481 e. The van der Waals surface area contributed by atoms with Gasteiger partial charge in [0.2, 0.25) is 5.95 Å². The van der Waals surface area contributed by atoms with Gasteiger partial charge in [-0.2, -0.15) is 9.97 Å². The summed E-state index contributed by atoms with van der Waals surface area (Å²) in [5.41, 5.74) is 5.27. The molecule has 1 aromatic carbocycles. The van der Waals surface area contributed by atoms with Gasteiger partial charge in [-0.1, -0.05) is 42.5 Å². The SMILES string of the molecule is CON(OC)[C@@](CCC(=O)O)(C(=O)OP(=O)(O)OC[C@@H]1C=C[C@H](n2cnc3c(NC4CC4)nc(N)nc32)C1)c1ccccc1. The first kappa shape index (κ1) is 31.5. The van der Waals surface area contributed by atoms with Gasteiger partial charge in [0, 0.05) is 18.4 Å². The third kappa shape index (κ3) is 6.75. The van der Waals surface area contributed by atoms with Crippen LogP contribution in [-0.4, -0.2) is 73.6 Å². The van der Waals surface area contributed by atoms with Gasteiger partial charge in [0.25, 0.3) is 0 Å². The van der Waals surface area contributed by atoms with Crippen LogP contribution >= 0.6 is 7.82 Å². The van der Waals surface area contributed by atoms with Crippen molar-refractivity contribution in [3.63, 3.8) is 0 Å². The first-order valence-electron chi connectivity index (χ1n) is 13.9. The van der Waals surface area contributed by atoms with Gasteiger partial charge in [-0.15, -0.1) is 0 Å². The quantitative estimate of drug-likeness (QED) is 0.108. The second-order valence-corrected chi connectivity index (χ2v) is 11.9. The number of hydroxylamine groups is 2. The highest BCUT2D eigenvalue weighted by Crippen LogP contribution is 2.48. The lowest BCUT2D eigenvalue weighted by atomic mass is 9.86. The van der Waals surface area contributed by atoms with Crippen LogP contribution in [0.5, 0.6) is 0 Å². The van der Waals surface area contributed by atoms with Gasteiger partial charge < -0.3 is 25.2 Å². The van der Waals surface area contributed by atoms with E-state index >= 15 is 0 Å². The number of anilines is 2. The van der Waals surface area contributed by atoms with E-state index in [0.29, 0.717) is 29.4 Å². The second-order valence-electron chi connectivity index (χ2n) is 10.5. The number of carboxylic acids is 1. The molecule has 0 amide bonds. The Labute approximate surface area is 252 Å². The number of phosphoric ester groups is 1. The average molecular weight is 632 g/mol. The van der Waals surface area contributed by atoms with Crippen LogP contribution in [0.15, 0.2) is 48.8 Å². The molecule has 2 aliphatic rings. The van der Waals surface area contributed by atoms with Crippen LogP contribution in [0.1, 0.15) is 43.7 Å². The summed E-state index contributed by atoms with van der Waals surface area (Å²) in [6, 6.07) is 8.07. The molecule has 1 saturated carbocycles. The fourth-order valence-electron chi connectivity index (χ4n) is 5.20. The number of benzene rings is 1. The summed E-state index contributed by atoms with van der Waals surface area (Å²) in [6.45, 7) is -0.252. The largest absolute Gasteiger partial charge is 0.529 e. The highest BCUT2D eigenvalue weighted by molar-refractivity contribution is 7.48. The Morgan fingerprint density at radius 3 is 2.57 bits per heavy atom. The Morgan fingerprint density at radius 2 is 1.91 bits per heavy atom. The van der Waals surface area contributed by atoms with Gasteiger partial charge in [0.1, 0.15) is 0 Å². The number of nitrogens with zero attached hydrogens (tertiary/aromatic N) is 5. The lowest BCUT2D eigenvalue weighted by molar-refractivity contribution is -0.390. The van der Waals surface area contributed by atoms with Crippen LogP contribution in [0, 0.1) is 5.92 Å². The number of nitrogens with one attached hydrogen (secondary N) is 1. The smallest absolute Gasteiger partial charge is 0.481 e. The number of hydrogen-bond donors (Lipinski definition) is 4. The fourth-order valence-corrected chi connectivity index (χ4v) is 5.99. The first-order chi connectivity index (χ1) is 21.1. The van der Waals surface area contributed by atoms with Gasteiger partial charge in [-0.25, -0.2) is 14.3 Å². The van der Waals surface area contributed by atoms with Crippen LogP contribution in [0.4, 0.5) is 11.8 Å². The molecule has 16 nitrogen and oxygen atoms in total. The van der Waals surface area contributed by atoms with Crippen molar-refractivity contribution in [2.45, 2.75) is 49.7 Å². The molecule has 0 spiro atoms. The number of rotatable bonds is 15. The van der Waals surface area contributed by atoms with Crippen molar-refractivity contribution in [3.05, 3.63) is 54.4 Å². The van der Waals surface area contributed by atoms with E-state index in [2.05, 4.69) is 20.3 Å². The van der Waals surface area contributed by atoms with Crippen LogP contribution in [0.25, 0.3) is 11.2 Å². The highest BCUT2D eigenvalue weighted by Gasteiger charge is 2.52. The molecule has 4 atom stereocenters. The number of carbonyl (C=O) groups excluding carboxylic acids is 1. The molecule has 5 N–H and O–H groups in total. The minimum absolute atomic E-state index is 0.114. The van der Waals surface area contributed by atoms with E-state index in [1.165, 1.54) is 26.4 Å². The van der Waals surface area contributed by atoms with Gasteiger partial charge in [-0.05, 0) is 36.5 Å².